The van der Waals surface area contributed by atoms with Gasteiger partial charge < -0.3 is 4.90 Å². The Morgan fingerprint density at radius 3 is 2.64 bits per heavy atom. The van der Waals surface area contributed by atoms with E-state index >= 15 is 0 Å². The average Bonchev–Trinajstić information content (AvgIpc) is 1.94. The van der Waals surface area contributed by atoms with Crippen LogP contribution in [0, 0.1) is 5.92 Å². The summed E-state index contributed by atoms with van der Waals surface area (Å²) in [6.45, 7) is 8.14. The van der Waals surface area contributed by atoms with E-state index in [-0.39, 0.29) is 0 Å². The maximum atomic E-state index is 4.26. The van der Waals surface area contributed by atoms with E-state index in [0.717, 1.165) is 11.5 Å². The van der Waals surface area contributed by atoms with Crippen LogP contribution in [-0.2, 0) is 0 Å². The minimum atomic E-state index is 0.460. The highest BCUT2D eigenvalue weighted by molar-refractivity contribution is 5.87. The lowest BCUT2D eigenvalue weighted by Crippen LogP contribution is -2.30. The highest BCUT2D eigenvalue weighted by atomic mass is 15.2. The Morgan fingerprint density at radius 1 is 1.55 bits per heavy atom. The van der Waals surface area contributed by atoms with E-state index in [0.29, 0.717) is 5.92 Å². The maximum Gasteiger partial charge on any atom is 0.111 e. The Labute approximate surface area is 67.9 Å². The standard InChI is InChI=1S/C9H14N2/c1-7(2)9-10-6-5-8(3)11(9)4/h5-7H,3H2,1-2,4H3. The molecule has 0 aromatic heterocycles. The average molecular weight is 150 g/mol. The monoisotopic (exact) mass is 150 g/mol. The SMILES string of the molecule is C=C1C=CN=C(C(C)C)N1C. The third-order valence-electron chi connectivity index (χ3n) is 1.76. The van der Waals surface area contributed by atoms with Crippen LogP contribution in [0.25, 0.3) is 0 Å². The minimum Gasteiger partial charge on any atom is -0.333 e. The molecule has 1 aliphatic rings. The third kappa shape index (κ3) is 1.50. The molecule has 0 N–H and O–H groups in total. The second-order valence-electron chi connectivity index (χ2n) is 3.01. The van der Waals surface area contributed by atoms with Crippen LogP contribution in [0.3, 0.4) is 0 Å². The molecule has 1 aliphatic heterocycles. The second kappa shape index (κ2) is 2.91. The molecule has 11 heavy (non-hydrogen) atoms. The molecular weight excluding hydrogens is 136 g/mol. The van der Waals surface area contributed by atoms with Crippen LogP contribution in [0.4, 0.5) is 0 Å². The first-order valence-electron chi connectivity index (χ1n) is 3.80. The Bertz CT molecular complexity index is 224. The summed E-state index contributed by atoms with van der Waals surface area (Å²) in [5, 5.41) is 0. The van der Waals surface area contributed by atoms with Crippen molar-refractivity contribution in [2.24, 2.45) is 10.9 Å². The fourth-order valence-corrected chi connectivity index (χ4v) is 1.08. The first-order valence-corrected chi connectivity index (χ1v) is 3.80. The van der Waals surface area contributed by atoms with Crippen molar-refractivity contribution in [1.82, 2.24) is 4.90 Å². The fraction of sp³-hybridized carbons (Fsp3) is 0.444. The zero-order valence-electron chi connectivity index (χ0n) is 7.33. The van der Waals surface area contributed by atoms with Gasteiger partial charge in [-0.05, 0) is 6.08 Å². The van der Waals surface area contributed by atoms with E-state index in [1.807, 2.05) is 18.0 Å². The number of likely N-dealkylation sites (N-methyl/N-ethyl adjacent to an activating group) is 1. The molecule has 0 radical (unpaired) electrons. The molecule has 0 aromatic rings. The molecule has 2 heteroatoms. The van der Waals surface area contributed by atoms with Gasteiger partial charge in [0.1, 0.15) is 5.84 Å². The predicted molar refractivity (Wildman–Crippen MR) is 48.3 cm³/mol. The van der Waals surface area contributed by atoms with E-state index in [9.17, 15) is 0 Å². The van der Waals surface area contributed by atoms with E-state index in [2.05, 4.69) is 25.4 Å². The van der Waals surface area contributed by atoms with Gasteiger partial charge in [0.2, 0.25) is 0 Å². The number of allylic oxidation sites excluding steroid dienone is 1. The zero-order valence-corrected chi connectivity index (χ0v) is 7.33. The smallest absolute Gasteiger partial charge is 0.111 e. The van der Waals surface area contributed by atoms with Gasteiger partial charge in [0.05, 0.1) is 0 Å². The number of aliphatic imine (C=N–C) groups is 1. The van der Waals surface area contributed by atoms with Crippen molar-refractivity contribution in [1.29, 1.82) is 0 Å². The Morgan fingerprint density at radius 2 is 2.18 bits per heavy atom. The van der Waals surface area contributed by atoms with E-state index in [4.69, 9.17) is 0 Å². The van der Waals surface area contributed by atoms with Gasteiger partial charge in [-0.25, -0.2) is 4.99 Å². The Balaban J connectivity index is 2.87. The molecule has 0 unspecified atom stereocenters. The minimum absolute atomic E-state index is 0.460. The largest absolute Gasteiger partial charge is 0.333 e. The van der Waals surface area contributed by atoms with Gasteiger partial charge in [-0.1, -0.05) is 20.4 Å². The number of nitrogens with zero attached hydrogens (tertiary/aromatic N) is 2. The summed E-state index contributed by atoms with van der Waals surface area (Å²) in [5.74, 6) is 1.54. The van der Waals surface area contributed by atoms with Gasteiger partial charge in [0.15, 0.2) is 0 Å². The molecule has 0 saturated heterocycles. The van der Waals surface area contributed by atoms with Crippen LogP contribution in [0.5, 0.6) is 0 Å². The van der Waals surface area contributed by atoms with Crippen molar-refractivity contribution in [2.75, 3.05) is 7.05 Å². The van der Waals surface area contributed by atoms with Crippen molar-refractivity contribution >= 4 is 5.84 Å². The van der Waals surface area contributed by atoms with Crippen molar-refractivity contribution in [3.63, 3.8) is 0 Å². The number of hydrogen-bond donors (Lipinski definition) is 0. The number of hydrogen-bond acceptors (Lipinski definition) is 2. The van der Waals surface area contributed by atoms with Crippen LogP contribution in [0.15, 0.2) is 29.5 Å². The fourth-order valence-electron chi connectivity index (χ4n) is 1.08. The van der Waals surface area contributed by atoms with E-state index in [1.54, 1.807) is 6.20 Å². The normalized spacial score (nSPS) is 17.6. The van der Waals surface area contributed by atoms with Gasteiger partial charge in [-0.15, -0.1) is 0 Å². The summed E-state index contributed by atoms with van der Waals surface area (Å²) in [4.78, 5) is 6.28. The lowest BCUT2D eigenvalue weighted by molar-refractivity contribution is 0.591. The van der Waals surface area contributed by atoms with Crippen LogP contribution in [-0.4, -0.2) is 17.8 Å². The highest BCUT2D eigenvalue weighted by Gasteiger charge is 2.13. The van der Waals surface area contributed by atoms with Gasteiger partial charge in [0, 0.05) is 24.9 Å². The summed E-state index contributed by atoms with van der Waals surface area (Å²) >= 11 is 0. The lowest BCUT2D eigenvalue weighted by atomic mass is 10.1. The summed E-state index contributed by atoms with van der Waals surface area (Å²) < 4.78 is 0. The molecule has 0 amide bonds. The molecule has 0 atom stereocenters. The topological polar surface area (TPSA) is 15.6 Å². The quantitative estimate of drug-likeness (QED) is 0.558. The van der Waals surface area contributed by atoms with Crippen LogP contribution in [0.2, 0.25) is 0 Å². The highest BCUT2D eigenvalue weighted by Crippen LogP contribution is 2.13. The maximum absolute atomic E-state index is 4.26. The summed E-state index contributed by atoms with van der Waals surface area (Å²) in [5.41, 5.74) is 1.00. The zero-order chi connectivity index (χ0) is 8.43. The van der Waals surface area contributed by atoms with Crippen LogP contribution in [0.1, 0.15) is 13.8 Å². The van der Waals surface area contributed by atoms with E-state index < -0.39 is 0 Å². The lowest BCUT2D eigenvalue weighted by Gasteiger charge is -2.26. The van der Waals surface area contributed by atoms with Crippen molar-refractivity contribution < 1.29 is 0 Å². The molecule has 0 aromatic carbocycles. The second-order valence-corrected chi connectivity index (χ2v) is 3.01. The van der Waals surface area contributed by atoms with Crippen LogP contribution < -0.4 is 0 Å². The Hall–Kier alpha value is -1.05. The first-order chi connectivity index (χ1) is 5.13. The molecule has 60 valence electrons. The molecular formula is C9H14N2. The van der Waals surface area contributed by atoms with Crippen molar-refractivity contribution in [3.8, 4) is 0 Å². The van der Waals surface area contributed by atoms with Gasteiger partial charge >= 0.3 is 0 Å². The molecule has 1 heterocycles. The summed E-state index contributed by atoms with van der Waals surface area (Å²) in [6, 6.07) is 0. The Kier molecular flexibility index (Phi) is 2.13. The van der Waals surface area contributed by atoms with E-state index in [1.165, 1.54) is 0 Å². The third-order valence-corrected chi connectivity index (χ3v) is 1.76. The van der Waals surface area contributed by atoms with Crippen LogP contribution >= 0.6 is 0 Å². The predicted octanol–water partition coefficient (Wildman–Crippen LogP) is 2.01. The van der Waals surface area contributed by atoms with Gasteiger partial charge in [-0.3, -0.25) is 0 Å². The molecule has 0 aliphatic carbocycles. The number of rotatable bonds is 1. The number of amidine groups is 1. The molecule has 0 spiro atoms. The first kappa shape index (κ1) is 8.05. The molecule has 2 nitrogen and oxygen atoms in total. The van der Waals surface area contributed by atoms with Crippen molar-refractivity contribution in [2.45, 2.75) is 13.8 Å². The molecule has 0 fully saturated rings. The summed E-state index contributed by atoms with van der Waals surface area (Å²) in [7, 11) is 1.99. The molecule has 0 bridgehead atoms. The van der Waals surface area contributed by atoms with Crippen molar-refractivity contribution in [3.05, 3.63) is 24.6 Å². The summed E-state index contributed by atoms with van der Waals surface area (Å²) in [6.07, 6.45) is 3.71. The molecule has 1 rings (SSSR count). The molecule has 0 saturated carbocycles. The van der Waals surface area contributed by atoms with Gasteiger partial charge in [-0.2, -0.15) is 0 Å². The van der Waals surface area contributed by atoms with Gasteiger partial charge in [0.25, 0.3) is 0 Å².